The molecule has 122 valence electrons. The monoisotopic (exact) mass is 315 g/mol. The zero-order valence-corrected chi connectivity index (χ0v) is 13.2. The van der Waals surface area contributed by atoms with E-state index in [1.165, 1.54) is 6.26 Å². The molecule has 1 aromatic carbocycles. The predicted octanol–water partition coefficient (Wildman–Crippen LogP) is 4.27. The van der Waals surface area contributed by atoms with E-state index < -0.39 is 0 Å². The first-order chi connectivity index (χ1) is 11.2. The van der Waals surface area contributed by atoms with Crippen LogP contribution in [-0.2, 0) is 4.74 Å². The molecule has 0 radical (unpaired) electrons. The molecule has 2 rings (SSSR count). The fraction of sp³-hybridized carbons (Fsp3) is 0.333. The van der Waals surface area contributed by atoms with E-state index in [0.717, 1.165) is 25.7 Å². The molecule has 0 aliphatic carbocycles. The zero-order chi connectivity index (χ0) is 16.5. The number of rotatable bonds is 8. The van der Waals surface area contributed by atoms with Gasteiger partial charge in [0.2, 0.25) is 0 Å². The molecule has 0 aliphatic heterocycles. The Labute approximate surface area is 135 Å². The number of benzene rings is 1. The van der Waals surface area contributed by atoms with Crippen LogP contribution in [0.1, 0.15) is 53.5 Å². The smallest absolute Gasteiger partial charge is 0.338 e. The number of nitrogens with one attached hydrogen (secondary N) is 1. The molecule has 0 saturated heterocycles. The van der Waals surface area contributed by atoms with Crippen molar-refractivity contribution in [2.75, 3.05) is 11.9 Å². The summed E-state index contributed by atoms with van der Waals surface area (Å²) in [5.41, 5.74) is 1.06. The molecular formula is C18H21NO4. The first kappa shape index (κ1) is 16.8. The summed E-state index contributed by atoms with van der Waals surface area (Å²) in [7, 11) is 0. The largest absolute Gasteiger partial charge is 0.462 e. The molecule has 1 N–H and O–H groups in total. The van der Waals surface area contributed by atoms with Crippen LogP contribution in [0.2, 0.25) is 0 Å². The number of unbranched alkanes of at least 4 members (excludes halogenated alkanes) is 3. The average molecular weight is 315 g/mol. The number of ether oxygens (including phenoxy) is 1. The summed E-state index contributed by atoms with van der Waals surface area (Å²) >= 11 is 0. The second-order valence-electron chi connectivity index (χ2n) is 5.21. The second-order valence-corrected chi connectivity index (χ2v) is 5.21. The number of amides is 1. The molecule has 1 heterocycles. The lowest BCUT2D eigenvalue weighted by molar-refractivity contribution is 0.0498. The highest BCUT2D eigenvalue weighted by molar-refractivity contribution is 6.02. The lowest BCUT2D eigenvalue weighted by Crippen LogP contribution is -2.11. The molecule has 0 spiro atoms. The molecule has 0 saturated carbocycles. The van der Waals surface area contributed by atoms with Gasteiger partial charge in [-0.05, 0) is 42.8 Å². The van der Waals surface area contributed by atoms with Gasteiger partial charge in [-0.25, -0.2) is 4.79 Å². The molecule has 0 bridgehead atoms. The van der Waals surface area contributed by atoms with Crippen LogP contribution in [-0.4, -0.2) is 18.5 Å². The van der Waals surface area contributed by atoms with Gasteiger partial charge in [0, 0.05) is 5.69 Å². The molecule has 1 aromatic heterocycles. The summed E-state index contributed by atoms with van der Waals surface area (Å²) in [6.07, 6.45) is 5.70. The Hall–Kier alpha value is -2.56. The second kappa shape index (κ2) is 8.78. The quantitative estimate of drug-likeness (QED) is 0.583. The number of hydrogen-bond donors (Lipinski definition) is 1. The topological polar surface area (TPSA) is 68.5 Å². The van der Waals surface area contributed by atoms with Crippen molar-refractivity contribution in [3.63, 3.8) is 0 Å². The van der Waals surface area contributed by atoms with Crippen LogP contribution in [0, 0.1) is 0 Å². The Kier molecular flexibility index (Phi) is 6.41. The zero-order valence-electron chi connectivity index (χ0n) is 13.2. The van der Waals surface area contributed by atoms with Gasteiger partial charge in [0.05, 0.1) is 18.4 Å². The highest BCUT2D eigenvalue weighted by Gasteiger charge is 2.10. The molecule has 23 heavy (non-hydrogen) atoms. The molecule has 5 heteroatoms. The van der Waals surface area contributed by atoms with E-state index in [1.54, 1.807) is 36.4 Å². The minimum Gasteiger partial charge on any atom is -0.462 e. The van der Waals surface area contributed by atoms with Crippen LogP contribution in [0.4, 0.5) is 5.69 Å². The maximum Gasteiger partial charge on any atom is 0.338 e. The highest BCUT2D eigenvalue weighted by Crippen LogP contribution is 2.13. The van der Waals surface area contributed by atoms with Crippen molar-refractivity contribution in [1.82, 2.24) is 0 Å². The standard InChI is InChI=1S/C18H21NO4/c1-2-3-4-5-12-23-18(21)14-8-10-15(11-9-14)19-17(20)16-7-6-13-22-16/h6-11,13H,2-5,12H2,1H3,(H,19,20). The van der Waals surface area contributed by atoms with E-state index in [9.17, 15) is 9.59 Å². The SMILES string of the molecule is CCCCCCOC(=O)c1ccc(NC(=O)c2ccco2)cc1. The maximum atomic E-state index is 11.9. The van der Waals surface area contributed by atoms with E-state index in [1.807, 2.05) is 0 Å². The van der Waals surface area contributed by atoms with E-state index in [0.29, 0.717) is 17.9 Å². The number of carbonyl (C=O) groups excluding carboxylic acids is 2. The predicted molar refractivity (Wildman–Crippen MR) is 87.5 cm³/mol. The average Bonchev–Trinajstić information content (AvgIpc) is 3.10. The fourth-order valence-corrected chi connectivity index (χ4v) is 2.07. The van der Waals surface area contributed by atoms with Crippen molar-refractivity contribution in [3.05, 3.63) is 54.0 Å². The number of anilines is 1. The molecule has 0 atom stereocenters. The fourth-order valence-electron chi connectivity index (χ4n) is 2.07. The van der Waals surface area contributed by atoms with Crippen LogP contribution < -0.4 is 5.32 Å². The van der Waals surface area contributed by atoms with Gasteiger partial charge < -0.3 is 14.5 Å². The molecule has 0 aliphatic rings. The summed E-state index contributed by atoms with van der Waals surface area (Å²) in [5.74, 6) is -0.438. The van der Waals surface area contributed by atoms with Crippen molar-refractivity contribution in [1.29, 1.82) is 0 Å². The van der Waals surface area contributed by atoms with Crippen LogP contribution in [0.15, 0.2) is 47.1 Å². The molecule has 5 nitrogen and oxygen atoms in total. The summed E-state index contributed by atoms with van der Waals surface area (Å²) in [6, 6.07) is 9.81. The van der Waals surface area contributed by atoms with Crippen molar-refractivity contribution in [2.24, 2.45) is 0 Å². The minimum absolute atomic E-state index is 0.237. The number of esters is 1. The van der Waals surface area contributed by atoms with Crippen molar-refractivity contribution in [3.8, 4) is 0 Å². The third-order valence-corrected chi connectivity index (χ3v) is 3.35. The maximum absolute atomic E-state index is 11.9. The Morgan fingerprint density at radius 2 is 1.87 bits per heavy atom. The van der Waals surface area contributed by atoms with Gasteiger partial charge in [0.1, 0.15) is 0 Å². The Bertz CT molecular complexity index is 617. The summed E-state index contributed by atoms with van der Waals surface area (Å²) in [6.45, 7) is 2.58. The molecule has 0 fully saturated rings. The summed E-state index contributed by atoms with van der Waals surface area (Å²) in [5, 5.41) is 2.69. The van der Waals surface area contributed by atoms with E-state index in [-0.39, 0.29) is 17.6 Å². The first-order valence-electron chi connectivity index (χ1n) is 7.82. The molecule has 2 aromatic rings. The molecule has 1 amide bonds. The third kappa shape index (κ3) is 5.29. The normalized spacial score (nSPS) is 10.3. The van der Waals surface area contributed by atoms with Gasteiger partial charge in [-0.2, -0.15) is 0 Å². The van der Waals surface area contributed by atoms with Gasteiger partial charge in [0.25, 0.3) is 5.91 Å². The number of furan rings is 1. The Morgan fingerprint density at radius 3 is 2.52 bits per heavy atom. The van der Waals surface area contributed by atoms with Crippen molar-refractivity contribution in [2.45, 2.75) is 32.6 Å². The molecule has 0 unspecified atom stereocenters. The Morgan fingerprint density at radius 1 is 1.09 bits per heavy atom. The van der Waals surface area contributed by atoms with Gasteiger partial charge in [-0.1, -0.05) is 26.2 Å². The van der Waals surface area contributed by atoms with Gasteiger partial charge in [0.15, 0.2) is 5.76 Å². The first-order valence-corrected chi connectivity index (χ1v) is 7.82. The van der Waals surface area contributed by atoms with Gasteiger partial charge in [-0.3, -0.25) is 4.79 Å². The lowest BCUT2D eigenvalue weighted by Gasteiger charge is -2.06. The summed E-state index contributed by atoms with van der Waals surface area (Å²) < 4.78 is 10.2. The van der Waals surface area contributed by atoms with Crippen LogP contribution in [0.25, 0.3) is 0 Å². The van der Waals surface area contributed by atoms with E-state index >= 15 is 0 Å². The van der Waals surface area contributed by atoms with Crippen LogP contribution >= 0.6 is 0 Å². The van der Waals surface area contributed by atoms with Crippen molar-refractivity contribution < 1.29 is 18.7 Å². The lowest BCUT2D eigenvalue weighted by atomic mass is 10.2. The number of hydrogen-bond acceptors (Lipinski definition) is 4. The van der Waals surface area contributed by atoms with Gasteiger partial charge in [-0.15, -0.1) is 0 Å². The minimum atomic E-state index is -0.342. The summed E-state index contributed by atoms with van der Waals surface area (Å²) in [4.78, 5) is 23.7. The number of carbonyl (C=O) groups is 2. The van der Waals surface area contributed by atoms with E-state index in [4.69, 9.17) is 9.15 Å². The third-order valence-electron chi connectivity index (χ3n) is 3.35. The van der Waals surface area contributed by atoms with Gasteiger partial charge >= 0.3 is 5.97 Å². The van der Waals surface area contributed by atoms with Crippen LogP contribution in [0.3, 0.4) is 0 Å². The molecular weight excluding hydrogens is 294 g/mol. The van der Waals surface area contributed by atoms with E-state index in [2.05, 4.69) is 12.2 Å². The highest BCUT2D eigenvalue weighted by atomic mass is 16.5. The van der Waals surface area contributed by atoms with Crippen molar-refractivity contribution >= 4 is 17.6 Å². The van der Waals surface area contributed by atoms with Crippen LogP contribution in [0.5, 0.6) is 0 Å². The Balaban J connectivity index is 1.81.